The van der Waals surface area contributed by atoms with E-state index in [0.29, 0.717) is 5.92 Å². The van der Waals surface area contributed by atoms with E-state index in [1.54, 1.807) is 6.20 Å². The molecule has 2 aromatic heterocycles. The molecule has 0 radical (unpaired) electrons. The van der Waals surface area contributed by atoms with Crippen LogP contribution in [-0.2, 0) is 6.54 Å². The maximum absolute atomic E-state index is 8.98. The summed E-state index contributed by atoms with van der Waals surface area (Å²) in [6.45, 7) is 2.00. The first-order chi connectivity index (χ1) is 8.86. The molecule has 0 amide bonds. The Morgan fingerprint density at radius 1 is 1.50 bits per heavy atom. The Labute approximate surface area is 105 Å². The van der Waals surface area contributed by atoms with E-state index in [2.05, 4.69) is 15.4 Å². The molecule has 1 aliphatic heterocycles. The largest absolute Gasteiger partial charge is 0.396 e. The lowest BCUT2D eigenvalue weighted by Gasteiger charge is -2.23. The summed E-state index contributed by atoms with van der Waals surface area (Å²) >= 11 is 0. The van der Waals surface area contributed by atoms with Gasteiger partial charge in [-0.05, 0) is 24.5 Å². The number of nitrogens with zero attached hydrogens (tertiary/aromatic N) is 3. The molecule has 18 heavy (non-hydrogen) atoms. The summed E-state index contributed by atoms with van der Waals surface area (Å²) in [7, 11) is 0. The number of aliphatic hydroxyl groups excluding tert-OH is 1. The molecule has 0 saturated heterocycles. The summed E-state index contributed by atoms with van der Waals surface area (Å²) in [5.41, 5.74) is 1.97. The van der Waals surface area contributed by atoms with Crippen LogP contribution < -0.4 is 5.32 Å². The second-order valence-electron chi connectivity index (χ2n) is 4.60. The fourth-order valence-corrected chi connectivity index (χ4v) is 2.29. The summed E-state index contributed by atoms with van der Waals surface area (Å²) in [5.74, 6) is 1.49. The number of hydrogen-bond acceptors (Lipinski definition) is 4. The van der Waals surface area contributed by atoms with Gasteiger partial charge in [0, 0.05) is 43.7 Å². The van der Waals surface area contributed by atoms with E-state index in [1.807, 2.05) is 29.1 Å². The zero-order valence-corrected chi connectivity index (χ0v) is 10.1. The third-order valence-corrected chi connectivity index (χ3v) is 3.28. The number of rotatable bonds is 3. The van der Waals surface area contributed by atoms with Gasteiger partial charge < -0.3 is 10.4 Å². The minimum atomic E-state index is 0.235. The normalized spacial score (nSPS) is 18.2. The standard InChI is InChI=1S/C13H16N4O/c18-5-3-10-7-15-13-6-12(16-17(13)9-10)11-2-1-4-14-8-11/h1-2,4,6,8,10,15,18H,3,5,7,9H2. The monoisotopic (exact) mass is 244 g/mol. The number of hydrogen-bond donors (Lipinski definition) is 2. The van der Waals surface area contributed by atoms with Crippen molar-refractivity contribution in [1.82, 2.24) is 14.8 Å². The topological polar surface area (TPSA) is 63.0 Å². The molecule has 0 fully saturated rings. The van der Waals surface area contributed by atoms with Crippen LogP contribution in [0, 0.1) is 5.92 Å². The number of aliphatic hydroxyl groups is 1. The molecule has 1 aliphatic rings. The first-order valence-corrected chi connectivity index (χ1v) is 6.20. The Hall–Kier alpha value is -1.88. The molecule has 3 heterocycles. The average molecular weight is 244 g/mol. The summed E-state index contributed by atoms with van der Waals surface area (Å²) in [6.07, 6.45) is 4.39. The van der Waals surface area contributed by atoms with Gasteiger partial charge in [-0.3, -0.25) is 4.98 Å². The van der Waals surface area contributed by atoms with Crippen molar-refractivity contribution in [2.75, 3.05) is 18.5 Å². The van der Waals surface area contributed by atoms with Crippen LogP contribution in [0.2, 0.25) is 0 Å². The Morgan fingerprint density at radius 3 is 3.22 bits per heavy atom. The van der Waals surface area contributed by atoms with Gasteiger partial charge in [0.15, 0.2) is 0 Å². The number of anilines is 1. The van der Waals surface area contributed by atoms with Crippen molar-refractivity contribution in [3.63, 3.8) is 0 Å². The summed E-state index contributed by atoms with van der Waals surface area (Å²) < 4.78 is 1.98. The predicted octanol–water partition coefficient (Wildman–Crippen LogP) is 1.37. The van der Waals surface area contributed by atoms with Crippen LogP contribution in [0.25, 0.3) is 11.3 Å². The molecule has 0 bridgehead atoms. The van der Waals surface area contributed by atoms with Gasteiger partial charge in [0.2, 0.25) is 0 Å². The van der Waals surface area contributed by atoms with Gasteiger partial charge in [-0.1, -0.05) is 0 Å². The Kier molecular flexibility index (Phi) is 2.98. The predicted molar refractivity (Wildman–Crippen MR) is 69.1 cm³/mol. The van der Waals surface area contributed by atoms with Gasteiger partial charge >= 0.3 is 0 Å². The molecule has 94 valence electrons. The summed E-state index contributed by atoms with van der Waals surface area (Å²) in [6, 6.07) is 5.97. The number of pyridine rings is 1. The van der Waals surface area contributed by atoms with Crippen LogP contribution in [0.5, 0.6) is 0 Å². The van der Waals surface area contributed by atoms with Gasteiger partial charge in [-0.2, -0.15) is 5.10 Å². The van der Waals surface area contributed by atoms with E-state index in [1.165, 1.54) is 0 Å². The van der Waals surface area contributed by atoms with Crippen LogP contribution in [0.3, 0.4) is 0 Å². The van der Waals surface area contributed by atoms with Crippen LogP contribution in [0.4, 0.5) is 5.82 Å². The Morgan fingerprint density at radius 2 is 2.44 bits per heavy atom. The average Bonchev–Trinajstić information content (AvgIpc) is 2.83. The zero-order valence-electron chi connectivity index (χ0n) is 10.1. The van der Waals surface area contributed by atoms with E-state index in [4.69, 9.17) is 5.11 Å². The maximum Gasteiger partial charge on any atom is 0.124 e. The molecule has 0 aliphatic carbocycles. The van der Waals surface area contributed by atoms with Crippen LogP contribution >= 0.6 is 0 Å². The Balaban J connectivity index is 1.85. The molecule has 1 unspecified atom stereocenters. The number of aromatic nitrogens is 3. The lowest BCUT2D eigenvalue weighted by atomic mass is 10.1. The van der Waals surface area contributed by atoms with Gasteiger partial charge in [-0.15, -0.1) is 0 Å². The van der Waals surface area contributed by atoms with Crippen LogP contribution in [0.1, 0.15) is 6.42 Å². The summed E-state index contributed by atoms with van der Waals surface area (Å²) in [4.78, 5) is 4.11. The highest BCUT2D eigenvalue weighted by molar-refractivity contribution is 5.62. The van der Waals surface area contributed by atoms with Gasteiger partial charge in [0.05, 0.1) is 5.69 Å². The van der Waals surface area contributed by atoms with Gasteiger partial charge in [0.1, 0.15) is 5.82 Å². The molecule has 0 saturated carbocycles. The molecule has 5 heteroatoms. The third kappa shape index (κ3) is 2.09. The van der Waals surface area contributed by atoms with Crippen molar-refractivity contribution in [2.24, 2.45) is 5.92 Å². The molecule has 2 N–H and O–H groups in total. The number of fused-ring (bicyclic) bond motifs is 1. The number of nitrogens with one attached hydrogen (secondary N) is 1. The summed E-state index contributed by atoms with van der Waals surface area (Å²) in [5, 5.41) is 16.9. The molecule has 5 nitrogen and oxygen atoms in total. The minimum absolute atomic E-state index is 0.235. The second-order valence-corrected chi connectivity index (χ2v) is 4.60. The molecule has 0 spiro atoms. The highest BCUT2D eigenvalue weighted by atomic mass is 16.3. The smallest absolute Gasteiger partial charge is 0.124 e. The fraction of sp³-hybridized carbons (Fsp3) is 0.385. The quantitative estimate of drug-likeness (QED) is 0.856. The highest BCUT2D eigenvalue weighted by Crippen LogP contribution is 2.25. The molecule has 3 rings (SSSR count). The maximum atomic E-state index is 8.98. The minimum Gasteiger partial charge on any atom is -0.396 e. The molecule has 1 atom stereocenters. The zero-order chi connectivity index (χ0) is 12.4. The molecule has 0 aromatic carbocycles. The lowest BCUT2D eigenvalue weighted by molar-refractivity contribution is 0.244. The lowest BCUT2D eigenvalue weighted by Crippen LogP contribution is -2.28. The van der Waals surface area contributed by atoms with E-state index in [-0.39, 0.29) is 6.61 Å². The van der Waals surface area contributed by atoms with Crippen molar-refractivity contribution in [1.29, 1.82) is 0 Å². The van der Waals surface area contributed by atoms with Gasteiger partial charge in [-0.25, -0.2) is 4.68 Å². The van der Waals surface area contributed by atoms with E-state index < -0.39 is 0 Å². The first-order valence-electron chi connectivity index (χ1n) is 6.20. The molecular weight excluding hydrogens is 228 g/mol. The molecular formula is C13H16N4O. The van der Waals surface area contributed by atoms with Crippen molar-refractivity contribution in [3.05, 3.63) is 30.6 Å². The van der Waals surface area contributed by atoms with E-state index in [0.717, 1.165) is 36.6 Å². The first kappa shape index (κ1) is 11.2. The van der Waals surface area contributed by atoms with E-state index in [9.17, 15) is 0 Å². The second kappa shape index (κ2) is 4.78. The highest BCUT2D eigenvalue weighted by Gasteiger charge is 2.19. The van der Waals surface area contributed by atoms with Crippen molar-refractivity contribution < 1.29 is 5.11 Å². The Bertz CT molecular complexity index is 523. The van der Waals surface area contributed by atoms with Crippen LogP contribution in [0.15, 0.2) is 30.6 Å². The third-order valence-electron chi connectivity index (χ3n) is 3.28. The van der Waals surface area contributed by atoms with Crippen molar-refractivity contribution in [3.8, 4) is 11.3 Å². The SMILES string of the molecule is OCCC1CNc2cc(-c3cccnc3)nn2C1. The van der Waals surface area contributed by atoms with E-state index >= 15 is 0 Å². The molecule has 2 aromatic rings. The van der Waals surface area contributed by atoms with Crippen molar-refractivity contribution >= 4 is 5.82 Å². The van der Waals surface area contributed by atoms with Crippen LogP contribution in [-0.4, -0.2) is 33.0 Å². The van der Waals surface area contributed by atoms with Gasteiger partial charge in [0.25, 0.3) is 0 Å². The van der Waals surface area contributed by atoms with Crippen molar-refractivity contribution in [2.45, 2.75) is 13.0 Å². The fourth-order valence-electron chi connectivity index (χ4n) is 2.29.